The summed E-state index contributed by atoms with van der Waals surface area (Å²) >= 11 is 0. The van der Waals surface area contributed by atoms with Crippen molar-refractivity contribution in [3.63, 3.8) is 0 Å². The van der Waals surface area contributed by atoms with Crippen molar-refractivity contribution in [2.75, 3.05) is 19.7 Å². The second-order valence-electron chi connectivity index (χ2n) is 11.6. The topological polar surface area (TPSA) is 59.0 Å². The molecular formula is C27H39NO4. The van der Waals surface area contributed by atoms with E-state index in [0.717, 1.165) is 70.2 Å². The van der Waals surface area contributed by atoms with Crippen molar-refractivity contribution in [2.24, 2.45) is 5.41 Å². The summed E-state index contributed by atoms with van der Waals surface area (Å²) in [5.41, 5.74) is 2.89. The SMILES string of the molecule is CC1(C)O[C@@](C)([C@H]2CC3(CCN(C(=O)c4ccc5c(c4)CCCC5)CC3)CO2)CC[C@@H]1O. The Labute approximate surface area is 192 Å². The molecule has 3 aliphatic heterocycles. The van der Waals surface area contributed by atoms with Crippen LogP contribution in [0.3, 0.4) is 0 Å². The highest BCUT2D eigenvalue weighted by Crippen LogP contribution is 2.49. The van der Waals surface area contributed by atoms with Gasteiger partial charge in [-0.2, -0.15) is 0 Å². The van der Waals surface area contributed by atoms with Gasteiger partial charge in [0.2, 0.25) is 0 Å². The monoisotopic (exact) mass is 441 g/mol. The van der Waals surface area contributed by atoms with Gasteiger partial charge >= 0.3 is 0 Å². The summed E-state index contributed by atoms with van der Waals surface area (Å²) in [6.45, 7) is 8.45. The van der Waals surface area contributed by atoms with E-state index in [2.05, 4.69) is 19.1 Å². The molecule has 0 unspecified atom stereocenters. The summed E-state index contributed by atoms with van der Waals surface area (Å²) in [6.07, 6.45) is 8.90. The third kappa shape index (κ3) is 4.01. The van der Waals surface area contributed by atoms with E-state index < -0.39 is 11.7 Å². The zero-order valence-corrected chi connectivity index (χ0v) is 20.0. The maximum Gasteiger partial charge on any atom is 0.253 e. The molecule has 4 aliphatic rings. The fourth-order valence-corrected chi connectivity index (χ4v) is 6.48. The normalized spacial score (nSPS) is 33.8. The van der Waals surface area contributed by atoms with E-state index in [0.29, 0.717) is 0 Å². The first kappa shape index (κ1) is 22.4. The number of carbonyl (C=O) groups is 1. The number of fused-ring (bicyclic) bond motifs is 1. The molecule has 3 heterocycles. The smallest absolute Gasteiger partial charge is 0.253 e. The zero-order chi connectivity index (χ0) is 22.6. The van der Waals surface area contributed by atoms with E-state index in [9.17, 15) is 9.90 Å². The van der Waals surface area contributed by atoms with Gasteiger partial charge in [0.05, 0.1) is 30.0 Å². The zero-order valence-electron chi connectivity index (χ0n) is 20.0. The van der Waals surface area contributed by atoms with Gasteiger partial charge in [0.15, 0.2) is 0 Å². The predicted octanol–water partition coefficient (Wildman–Crippen LogP) is 4.29. The number of likely N-dealkylation sites (tertiary alicyclic amines) is 1. The number of carbonyl (C=O) groups excluding carboxylic acids is 1. The van der Waals surface area contributed by atoms with Crippen LogP contribution in [0.25, 0.3) is 0 Å². The van der Waals surface area contributed by atoms with Crippen LogP contribution in [0.15, 0.2) is 18.2 Å². The van der Waals surface area contributed by atoms with Crippen LogP contribution in [0.1, 0.15) is 87.2 Å². The van der Waals surface area contributed by atoms with Crippen molar-refractivity contribution < 1.29 is 19.4 Å². The Morgan fingerprint density at radius 2 is 1.78 bits per heavy atom. The molecular weight excluding hydrogens is 402 g/mol. The minimum Gasteiger partial charge on any atom is -0.390 e. The molecule has 3 saturated heterocycles. The lowest BCUT2D eigenvalue weighted by atomic mass is 9.73. The van der Waals surface area contributed by atoms with Crippen molar-refractivity contribution in [3.05, 3.63) is 34.9 Å². The summed E-state index contributed by atoms with van der Waals surface area (Å²) in [7, 11) is 0. The number of aryl methyl sites for hydroxylation is 2. The van der Waals surface area contributed by atoms with Crippen molar-refractivity contribution in [1.29, 1.82) is 0 Å². The number of amides is 1. The van der Waals surface area contributed by atoms with E-state index in [-0.39, 0.29) is 23.0 Å². The van der Waals surface area contributed by atoms with Crippen molar-refractivity contribution >= 4 is 5.91 Å². The number of nitrogens with zero attached hydrogens (tertiary/aromatic N) is 1. The van der Waals surface area contributed by atoms with Gasteiger partial charge in [-0.1, -0.05) is 6.07 Å². The molecule has 1 aliphatic carbocycles. The first-order valence-corrected chi connectivity index (χ1v) is 12.6. The summed E-state index contributed by atoms with van der Waals surface area (Å²) in [5.74, 6) is 0.182. The molecule has 32 heavy (non-hydrogen) atoms. The van der Waals surface area contributed by atoms with Gasteiger partial charge in [0.25, 0.3) is 5.91 Å². The number of aliphatic hydroxyl groups is 1. The first-order valence-electron chi connectivity index (χ1n) is 12.6. The Kier molecular flexibility index (Phi) is 5.67. The van der Waals surface area contributed by atoms with E-state index >= 15 is 0 Å². The highest BCUT2D eigenvalue weighted by atomic mass is 16.6. The first-order chi connectivity index (χ1) is 15.2. The number of hydrogen-bond acceptors (Lipinski definition) is 4. The number of hydrogen-bond donors (Lipinski definition) is 1. The fourth-order valence-electron chi connectivity index (χ4n) is 6.48. The minimum atomic E-state index is -0.545. The molecule has 1 N–H and O–H groups in total. The summed E-state index contributed by atoms with van der Waals surface area (Å²) in [5, 5.41) is 10.3. The molecule has 1 aromatic carbocycles. The molecule has 176 valence electrons. The highest BCUT2D eigenvalue weighted by Gasteiger charge is 2.53. The van der Waals surface area contributed by atoms with Gasteiger partial charge in [-0.3, -0.25) is 4.79 Å². The number of aliphatic hydroxyl groups excluding tert-OH is 1. The summed E-state index contributed by atoms with van der Waals surface area (Å²) < 4.78 is 12.8. The Morgan fingerprint density at radius 1 is 1.06 bits per heavy atom. The van der Waals surface area contributed by atoms with E-state index in [1.165, 1.54) is 24.0 Å². The van der Waals surface area contributed by atoms with Crippen molar-refractivity contribution in [2.45, 2.75) is 102 Å². The molecule has 5 nitrogen and oxygen atoms in total. The van der Waals surface area contributed by atoms with E-state index in [1.807, 2.05) is 24.8 Å². The van der Waals surface area contributed by atoms with Crippen LogP contribution in [0, 0.1) is 5.41 Å². The van der Waals surface area contributed by atoms with Gasteiger partial charge in [0.1, 0.15) is 0 Å². The van der Waals surface area contributed by atoms with Gasteiger partial charge in [0, 0.05) is 18.7 Å². The quantitative estimate of drug-likeness (QED) is 0.744. The molecule has 5 rings (SSSR count). The van der Waals surface area contributed by atoms with Gasteiger partial charge in [-0.15, -0.1) is 0 Å². The number of benzene rings is 1. The highest BCUT2D eigenvalue weighted by molar-refractivity contribution is 5.94. The molecule has 1 amide bonds. The third-order valence-electron chi connectivity index (χ3n) is 8.81. The number of ether oxygens (including phenoxy) is 2. The molecule has 1 aromatic rings. The maximum absolute atomic E-state index is 13.2. The van der Waals surface area contributed by atoms with Crippen LogP contribution in [-0.2, 0) is 22.3 Å². The second-order valence-corrected chi connectivity index (χ2v) is 11.6. The lowest BCUT2D eigenvalue weighted by Crippen LogP contribution is -2.56. The lowest BCUT2D eigenvalue weighted by Gasteiger charge is -2.48. The predicted molar refractivity (Wildman–Crippen MR) is 124 cm³/mol. The maximum atomic E-state index is 13.2. The molecule has 3 atom stereocenters. The minimum absolute atomic E-state index is 0.0529. The fraction of sp³-hybridized carbons (Fsp3) is 0.741. The van der Waals surface area contributed by atoms with Crippen LogP contribution >= 0.6 is 0 Å². The standard InChI is InChI=1S/C27H39NO4/c1-25(2)22(29)10-11-26(3,32-25)23-17-27(18-31-23)12-14-28(15-13-27)24(30)21-9-8-19-6-4-5-7-20(19)16-21/h8-9,16,22-23,29H,4-7,10-15,17-18H2,1-3H3/t22-,23+,26+/m0/s1. The average molecular weight is 442 g/mol. The Balaban J connectivity index is 1.21. The number of piperidine rings is 1. The molecule has 3 fully saturated rings. The second kappa shape index (κ2) is 8.11. The number of rotatable bonds is 2. The van der Waals surface area contributed by atoms with Crippen LogP contribution in [-0.4, -0.2) is 59.0 Å². The molecule has 5 heteroatoms. The lowest BCUT2D eigenvalue weighted by molar-refractivity contribution is -0.245. The summed E-state index contributed by atoms with van der Waals surface area (Å²) in [6, 6.07) is 6.35. The van der Waals surface area contributed by atoms with Crippen molar-refractivity contribution in [1.82, 2.24) is 4.90 Å². The van der Waals surface area contributed by atoms with Crippen LogP contribution in [0.5, 0.6) is 0 Å². The van der Waals surface area contributed by atoms with E-state index in [4.69, 9.17) is 9.47 Å². The van der Waals surface area contributed by atoms with Crippen molar-refractivity contribution in [3.8, 4) is 0 Å². The van der Waals surface area contributed by atoms with Gasteiger partial charge in [-0.25, -0.2) is 0 Å². The molecule has 0 bridgehead atoms. The molecule has 0 aromatic heterocycles. The van der Waals surface area contributed by atoms with Crippen LogP contribution in [0.4, 0.5) is 0 Å². The van der Waals surface area contributed by atoms with Gasteiger partial charge < -0.3 is 19.5 Å². The molecule has 0 saturated carbocycles. The Hall–Kier alpha value is -1.43. The largest absolute Gasteiger partial charge is 0.390 e. The Morgan fingerprint density at radius 3 is 2.50 bits per heavy atom. The molecule has 0 radical (unpaired) electrons. The van der Waals surface area contributed by atoms with Crippen LogP contribution < -0.4 is 0 Å². The Bertz CT molecular complexity index is 872. The summed E-state index contributed by atoms with van der Waals surface area (Å²) in [4.78, 5) is 15.2. The average Bonchev–Trinajstić information content (AvgIpc) is 3.20. The molecule has 1 spiro atoms. The van der Waals surface area contributed by atoms with E-state index in [1.54, 1.807) is 0 Å². The van der Waals surface area contributed by atoms with Crippen LogP contribution in [0.2, 0.25) is 0 Å². The van der Waals surface area contributed by atoms with Gasteiger partial charge in [-0.05, 0) is 107 Å². The third-order valence-corrected chi connectivity index (χ3v) is 8.81.